The molecule has 1 aromatic rings. The van der Waals surface area contributed by atoms with E-state index in [0.29, 0.717) is 17.6 Å². The van der Waals surface area contributed by atoms with Crippen molar-refractivity contribution in [3.63, 3.8) is 0 Å². The number of aromatic hydroxyl groups is 1. The topological polar surface area (TPSA) is 32.7 Å². The second-order valence-electron chi connectivity index (χ2n) is 4.13. The second kappa shape index (κ2) is 5.04. The fourth-order valence-electron chi connectivity index (χ4n) is 1.90. The van der Waals surface area contributed by atoms with Crippen molar-refractivity contribution in [2.45, 2.75) is 19.5 Å². The van der Waals surface area contributed by atoms with Gasteiger partial charge in [-0.15, -0.1) is 0 Å². The lowest BCUT2D eigenvalue weighted by molar-refractivity contribution is -0.00462. The van der Waals surface area contributed by atoms with Crippen LogP contribution in [0.25, 0.3) is 0 Å². The predicted molar refractivity (Wildman–Crippen MR) is 63.8 cm³/mol. The van der Waals surface area contributed by atoms with Crippen LogP contribution < -0.4 is 0 Å². The number of halogens is 1. The molecule has 0 spiro atoms. The van der Waals surface area contributed by atoms with E-state index in [4.69, 9.17) is 16.3 Å². The minimum absolute atomic E-state index is 0.270. The molecule has 16 heavy (non-hydrogen) atoms. The Morgan fingerprint density at radius 2 is 2.38 bits per heavy atom. The minimum Gasteiger partial charge on any atom is -0.508 e. The van der Waals surface area contributed by atoms with Gasteiger partial charge in [-0.2, -0.15) is 0 Å². The van der Waals surface area contributed by atoms with Crippen LogP contribution in [0.1, 0.15) is 12.5 Å². The van der Waals surface area contributed by atoms with Gasteiger partial charge < -0.3 is 9.84 Å². The summed E-state index contributed by atoms with van der Waals surface area (Å²) >= 11 is 6.08. The van der Waals surface area contributed by atoms with Gasteiger partial charge in [0, 0.05) is 29.7 Å². The van der Waals surface area contributed by atoms with E-state index in [1.54, 1.807) is 12.1 Å². The van der Waals surface area contributed by atoms with Gasteiger partial charge >= 0.3 is 0 Å². The van der Waals surface area contributed by atoms with Crippen LogP contribution in [0.3, 0.4) is 0 Å². The third-order valence-corrected chi connectivity index (χ3v) is 3.31. The largest absolute Gasteiger partial charge is 0.508 e. The zero-order chi connectivity index (χ0) is 11.5. The molecular weight excluding hydrogens is 226 g/mol. The highest BCUT2D eigenvalue weighted by Crippen LogP contribution is 2.27. The molecule has 1 fully saturated rings. The number of phenols is 1. The van der Waals surface area contributed by atoms with Crippen molar-refractivity contribution in [1.29, 1.82) is 0 Å². The summed E-state index contributed by atoms with van der Waals surface area (Å²) < 4.78 is 5.37. The van der Waals surface area contributed by atoms with Crippen molar-refractivity contribution in [3.8, 4) is 5.75 Å². The number of phenolic OH excluding ortho intramolecular Hbond substituents is 1. The van der Waals surface area contributed by atoms with E-state index in [1.165, 1.54) is 0 Å². The standard InChI is InChI=1S/C12H16ClNO2/c1-9-8-16-6-5-14(9)7-10-11(13)3-2-4-12(10)15/h2-4,9,15H,5-8H2,1H3. The van der Waals surface area contributed by atoms with Crippen molar-refractivity contribution >= 4 is 11.6 Å². The molecule has 0 aliphatic carbocycles. The van der Waals surface area contributed by atoms with E-state index >= 15 is 0 Å². The van der Waals surface area contributed by atoms with Crippen molar-refractivity contribution in [1.82, 2.24) is 4.90 Å². The molecule has 0 saturated carbocycles. The SMILES string of the molecule is CC1COCCN1Cc1c(O)cccc1Cl. The minimum atomic E-state index is 0.270. The zero-order valence-corrected chi connectivity index (χ0v) is 10.1. The number of morpholine rings is 1. The molecular formula is C12H16ClNO2. The second-order valence-corrected chi connectivity index (χ2v) is 4.54. The van der Waals surface area contributed by atoms with Crippen molar-refractivity contribution in [3.05, 3.63) is 28.8 Å². The average Bonchev–Trinajstić information content (AvgIpc) is 2.26. The molecule has 1 aliphatic heterocycles. The molecule has 4 heteroatoms. The van der Waals surface area contributed by atoms with Crippen LogP contribution in [0, 0.1) is 0 Å². The normalized spacial score (nSPS) is 22.2. The first-order valence-electron chi connectivity index (χ1n) is 5.46. The highest BCUT2D eigenvalue weighted by atomic mass is 35.5. The van der Waals surface area contributed by atoms with Crippen LogP contribution in [-0.4, -0.2) is 35.8 Å². The van der Waals surface area contributed by atoms with Crippen LogP contribution in [0.2, 0.25) is 5.02 Å². The van der Waals surface area contributed by atoms with Gasteiger partial charge in [0.2, 0.25) is 0 Å². The third-order valence-electron chi connectivity index (χ3n) is 2.96. The Morgan fingerprint density at radius 1 is 1.56 bits per heavy atom. The first-order valence-corrected chi connectivity index (χ1v) is 5.84. The van der Waals surface area contributed by atoms with Gasteiger partial charge in [-0.1, -0.05) is 17.7 Å². The number of nitrogens with zero attached hydrogens (tertiary/aromatic N) is 1. The predicted octanol–water partition coefficient (Wildman–Crippen LogP) is 2.27. The van der Waals surface area contributed by atoms with E-state index in [2.05, 4.69) is 11.8 Å². The summed E-state index contributed by atoms with van der Waals surface area (Å²) in [6.45, 7) is 5.16. The summed E-state index contributed by atoms with van der Waals surface area (Å²) in [6, 6.07) is 5.60. The smallest absolute Gasteiger partial charge is 0.121 e. The fraction of sp³-hybridized carbons (Fsp3) is 0.500. The van der Waals surface area contributed by atoms with E-state index in [0.717, 1.165) is 25.3 Å². The quantitative estimate of drug-likeness (QED) is 0.862. The molecule has 88 valence electrons. The fourth-order valence-corrected chi connectivity index (χ4v) is 2.13. The van der Waals surface area contributed by atoms with Gasteiger partial charge in [-0.25, -0.2) is 0 Å². The molecule has 1 unspecified atom stereocenters. The zero-order valence-electron chi connectivity index (χ0n) is 9.32. The monoisotopic (exact) mass is 241 g/mol. The molecule has 2 rings (SSSR count). The molecule has 1 N–H and O–H groups in total. The summed E-state index contributed by atoms with van der Waals surface area (Å²) in [5.41, 5.74) is 0.804. The Bertz CT molecular complexity index is 350. The van der Waals surface area contributed by atoms with E-state index < -0.39 is 0 Å². The summed E-state index contributed by atoms with van der Waals surface area (Å²) in [4.78, 5) is 2.27. The number of hydrogen-bond donors (Lipinski definition) is 1. The van der Waals surface area contributed by atoms with Gasteiger partial charge in [0.15, 0.2) is 0 Å². The molecule has 1 aliphatic rings. The maximum atomic E-state index is 9.77. The van der Waals surface area contributed by atoms with Crippen LogP contribution >= 0.6 is 11.6 Å². The van der Waals surface area contributed by atoms with Gasteiger partial charge in [0.05, 0.1) is 13.2 Å². The first kappa shape index (κ1) is 11.7. The molecule has 3 nitrogen and oxygen atoms in total. The first-order chi connectivity index (χ1) is 7.68. The molecule has 1 aromatic carbocycles. The maximum absolute atomic E-state index is 9.77. The van der Waals surface area contributed by atoms with E-state index in [-0.39, 0.29) is 5.75 Å². The molecule has 1 heterocycles. The van der Waals surface area contributed by atoms with Crippen molar-refractivity contribution in [2.75, 3.05) is 19.8 Å². The number of rotatable bonds is 2. The Morgan fingerprint density at radius 3 is 3.06 bits per heavy atom. The summed E-state index contributed by atoms with van der Waals surface area (Å²) in [6.07, 6.45) is 0. The molecule has 0 aromatic heterocycles. The van der Waals surface area contributed by atoms with E-state index in [1.807, 2.05) is 6.07 Å². The van der Waals surface area contributed by atoms with Crippen LogP contribution in [0.5, 0.6) is 5.75 Å². The highest BCUT2D eigenvalue weighted by Gasteiger charge is 2.20. The van der Waals surface area contributed by atoms with Crippen LogP contribution in [0.4, 0.5) is 0 Å². The molecule has 0 amide bonds. The van der Waals surface area contributed by atoms with Gasteiger partial charge in [-0.05, 0) is 19.1 Å². The maximum Gasteiger partial charge on any atom is 0.121 e. The average molecular weight is 242 g/mol. The lowest BCUT2D eigenvalue weighted by Gasteiger charge is -2.33. The Labute approximate surface area is 101 Å². The van der Waals surface area contributed by atoms with Crippen LogP contribution in [0.15, 0.2) is 18.2 Å². The lowest BCUT2D eigenvalue weighted by Crippen LogP contribution is -2.42. The van der Waals surface area contributed by atoms with Crippen molar-refractivity contribution < 1.29 is 9.84 Å². The number of ether oxygens (including phenoxy) is 1. The van der Waals surface area contributed by atoms with Gasteiger partial charge in [0.25, 0.3) is 0 Å². The van der Waals surface area contributed by atoms with E-state index in [9.17, 15) is 5.11 Å². The molecule has 1 saturated heterocycles. The van der Waals surface area contributed by atoms with Gasteiger partial charge in [-0.3, -0.25) is 4.90 Å². The summed E-state index contributed by atoms with van der Waals surface area (Å²) in [7, 11) is 0. The summed E-state index contributed by atoms with van der Waals surface area (Å²) in [5, 5.41) is 10.4. The molecule has 0 radical (unpaired) electrons. The highest BCUT2D eigenvalue weighted by molar-refractivity contribution is 6.31. The third kappa shape index (κ3) is 2.48. The summed E-state index contributed by atoms with van der Waals surface area (Å²) in [5.74, 6) is 0.270. The number of benzene rings is 1. The van der Waals surface area contributed by atoms with Crippen molar-refractivity contribution in [2.24, 2.45) is 0 Å². The Kier molecular flexibility index (Phi) is 3.69. The lowest BCUT2D eigenvalue weighted by atomic mass is 10.1. The molecule has 0 bridgehead atoms. The Balaban J connectivity index is 2.13. The Hall–Kier alpha value is -0.770. The number of hydrogen-bond acceptors (Lipinski definition) is 3. The van der Waals surface area contributed by atoms with Crippen LogP contribution in [-0.2, 0) is 11.3 Å². The van der Waals surface area contributed by atoms with Gasteiger partial charge in [0.1, 0.15) is 5.75 Å². The molecule has 1 atom stereocenters.